The molecule has 0 nitrogen and oxygen atoms in total. The van der Waals surface area contributed by atoms with Gasteiger partial charge in [0.05, 0.1) is 0 Å². The first-order valence-electron chi connectivity index (χ1n) is 13.1. The van der Waals surface area contributed by atoms with Crippen molar-refractivity contribution in [2.24, 2.45) is 23.7 Å². The van der Waals surface area contributed by atoms with Crippen LogP contribution in [0.2, 0.25) is 0 Å². The topological polar surface area (TPSA) is 0 Å². The van der Waals surface area contributed by atoms with Crippen molar-refractivity contribution < 1.29 is 8.78 Å². The Morgan fingerprint density at radius 3 is 2.12 bits per heavy atom. The third-order valence-corrected chi connectivity index (χ3v) is 8.64. The molecule has 0 bridgehead atoms. The minimum absolute atomic E-state index is 0.425. The zero-order valence-corrected chi connectivity index (χ0v) is 19.9. The van der Waals surface area contributed by atoms with Crippen molar-refractivity contribution in [2.45, 2.75) is 90.4 Å². The van der Waals surface area contributed by atoms with Crippen LogP contribution in [-0.4, -0.2) is 0 Å². The first-order chi connectivity index (χ1) is 15.6. The van der Waals surface area contributed by atoms with Gasteiger partial charge in [0.15, 0.2) is 11.6 Å². The second kappa shape index (κ2) is 10.9. The summed E-state index contributed by atoms with van der Waals surface area (Å²) in [6.07, 6.45) is 17.7. The van der Waals surface area contributed by atoms with Crippen LogP contribution in [0.1, 0.15) is 88.7 Å². The van der Waals surface area contributed by atoms with Crippen LogP contribution < -0.4 is 0 Å². The molecule has 0 aromatic heterocycles. The highest BCUT2D eigenvalue weighted by Crippen LogP contribution is 2.42. The zero-order valence-electron chi connectivity index (χ0n) is 19.9. The molecule has 2 aliphatic rings. The molecule has 2 aromatic carbocycles. The molecule has 2 saturated carbocycles. The van der Waals surface area contributed by atoms with E-state index in [-0.39, 0.29) is 0 Å². The largest absolute Gasteiger partial charge is 0.203 e. The molecule has 2 aromatic rings. The van der Waals surface area contributed by atoms with Crippen molar-refractivity contribution >= 4 is 10.8 Å². The smallest absolute Gasteiger partial charge is 0.166 e. The van der Waals surface area contributed by atoms with Crippen LogP contribution in [0.4, 0.5) is 8.78 Å². The van der Waals surface area contributed by atoms with Gasteiger partial charge in [-0.1, -0.05) is 57.2 Å². The van der Waals surface area contributed by atoms with Gasteiger partial charge in [0.2, 0.25) is 0 Å². The predicted molar refractivity (Wildman–Crippen MR) is 132 cm³/mol. The Labute approximate surface area is 193 Å². The molecule has 32 heavy (non-hydrogen) atoms. The quantitative estimate of drug-likeness (QED) is 0.360. The Hall–Kier alpha value is -1.70. The van der Waals surface area contributed by atoms with E-state index in [4.69, 9.17) is 0 Å². The lowest BCUT2D eigenvalue weighted by atomic mass is 9.68. The SMILES string of the molecule is C=CCCc1cc2ccc(CCC3CCC(C4CCC(CC)CC4)CC3)cc2c(F)c1F. The van der Waals surface area contributed by atoms with E-state index in [1.807, 2.05) is 12.1 Å². The summed E-state index contributed by atoms with van der Waals surface area (Å²) >= 11 is 0. The third kappa shape index (κ3) is 5.43. The van der Waals surface area contributed by atoms with Gasteiger partial charge in [-0.3, -0.25) is 0 Å². The number of benzene rings is 2. The summed E-state index contributed by atoms with van der Waals surface area (Å²) in [4.78, 5) is 0. The maximum atomic E-state index is 14.7. The summed E-state index contributed by atoms with van der Waals surface area (Å²) in [5, 5.41) is 1.22. The summed E-state index contributed by atoms with van der Waals surface area (Å²) in [6, 6.07) is 7.75. The average Bonchev–Trinajstić information content (AvgIpc) is 2.84. The molecule has 0 aliphatic heterocycles. The fraction of sp³-hybridized carbons (Fsp3) is 0.600. The Bertz CT molecular complexity index is 899. The van der Waals surface area contributed by atoms with Crippen LogP contribution >= 0.6 is 0 Å². The van der Waals surface area contributed by atoms with Crippen molar-refractivity contribution in [1.29, 1.82) is 0 Å². The summed E-state index contributed by atoms with van der Waals surface area (Å²) in [5.41, 5.74) is 1.58. The highest BCUT2D eigenvalue weighted by molar-refractivity contribution is 5.84. The lowest BCUT2D eigenvalue weighted by Gasteiger charge is -2.37. The third-order valence-electron chi connectivity index (χ3n) is 8.64. The molecule has 0 saturated heterocycles. The monoisotopic (exact) mass is 438 g/mol. The Kier molecular flexibility index (Phi) is 8.02. The Morgan fingerprint density at radius 2 is 1.50 bits per heavy atom. The van der Waals surface area contributed by atoms with Gasteiger partial charge in [0.25, 0.3) is 0 Å². The normalized spacial score (nSPS) is 26.3. The maximum Gasteiger partial charge on any atom is 0.166 e. The van der Waals surface area contributed by atoms with Gasteiger partial charge in [0.1, 0.15) is 0 Å². The lowest BCUT2D eigenvalue weighted by molar-refractivity contribution is 0.142. The van der Waals surface area contributed by atoms with Crippen molar-refractivity contribution in [3.8, 4) is 0 Å². The molecule has 0 heterocycles. The number of rotatable bonds is 8. The van der Waals surface area contributed by atoms with Crippen molar-refractivity contribution in [1.82, 2.24) is 0 Å². The second-order valence-corrected chi connectivity index (χ2v) is 10.6. The first kappa shape index (κ1) is 23.5. The molecular weight excluding hydrogens is 398 g/mol. The molecule has 2 heteroatoms. The molecule has 0 N–H and O–H groups in total. The minimum atomic E-state index is -0.693. The highest BCUT2D eigenvalue weighted by Gasteiger charge is 2.30. The van der Waals surface area contributed by atoms with Crippen LogP contribution in [0, 0.1) is 35.3 Å². The highest BCUT2D eigenvalue weighted by atomic mass is 19.2. The van der Waals surface area contributed by atoms with Gasteiger partial charge in [-0.2, -0.15) is 0 Å². The predicted octanol–water partition coefficient (Wildman–Crippen LogP) is 9.19. The van der Waals surface area contributed by atoms with E-state index < -0.39 is 11.6 Å². The van der Waals surface area contributed by atoms with Gasteiger partial charge >= 0.3 is 0 Å². The molecule has 0 amide bonds. The van der Waals surface area contributed by atoms with Crippen LogP contribution in [0.15, 0.2) is 36.9 Å². The van der Waals surface area contributed by atoms with Crippen LogP contribution in [-0.2, 0) is 12.8 Å². The molecule has 0 spiro atoms. The number of allylic oxidation sites excluding steroid dienone is 1. The molecule has 0 atom stereocenters. The molecule has 0 unspecified atom stereocenters. The number of hydrogen-bond donors (Lipinski definition) is 0. The summed E-state index contributed by atoms with van der Waals surface area (Å²) in [7, 11) is 0. The molecule has 0 radical (unpaired) electrons. The van der Waals surface area contributed by atoms with Crippen LogP contribution in [0.3, 0.4) is 0 Å². The lowest BCUT2D eigenvalue weighted by Crippen LogP contribution is -2.25. The minimum Gasteiger partial charge on any atom is -0.203 e. The molecule has 2 fully saturated rings. The van der Waals surface area contributed by atoms with E-state index >= 15 is 0 Å². The zero-order chi connectivity index (χ0) is 22.5. The number of aryl methyl sites for hydroxylation is 2. The van der Waals surface area contributed by atoms with Crippen molar-refractivity contribution in [3.05, 3.63) is 59.7 Å². The van der Waals surface area contributed by atoms with Crippen molar-refractivity contribution in [2.75, 3.05) is 0 Å². The number of hydrogen-bond acceptors (Lipinski definition) is 0. The van der Waals surface area contributed by atoms with E-state index in [1.54, 1.807) is 12.1 Å². The molecular formula is C30H40F2. The summed E-state index contributed by atoms with van der Waals surface area (Å²) in [6.45, 7) is 6.02. The molecule has 4 rings (SSSR count). The van der Waals surface area contributed by atoms with E-state index in [0.29, 0.717) is 23.8 Å². The van der Waals surface area contributed by atoms with Crippen LogP contribution in [0.5, 0.6) is 0 Å². The van der Waals surface area contributed by atoms with Gasteiger partial charge in [-0.05, 0) is 104 Å². The Morgan fingerprint density at radius 1 is 0.844 bits per heavy atom. The van der Waals surface area contributed by atoms with Crippen LogP contribution in [0.25, 0.3) is 10.8 Å². The molecule has 174 valence electrons. The first-order valence-corrected chi connectivity index (χ1v) is 13.1. The van der Waals surface area contributed by atoms with E-state index in [2.05, 4.69) is 19.6 Å². The van der Waals surface area contributed by atoms with E-state index in [1.165, 1.54) is 64.2 Å². The summed E-state index contributed by atoms with van der Waals surface area (Å²) < 4.78 is 29.2. The standard InChI is InChI=1S/C30H40F2/c1-3-5-6-27-20-26-18-13-23(19-28(26)30(32)29(27)31)8-7-22-11-16-25(17-12-22)24-14-9-21(4-2)10-15-24/h3,13,18-22,24-25H,1,4-12,14-17H2,2H3. The van der Waals surface area contributed by atoms with Gasteiger partial charge < -0.3 is 0 Å². The fourth-order valence-electron chi connectivity index (χ4n) is 6.41. The van der Waals surface area contributed by atoms with Gasteiger partial charge in [-0.15, -0.1) is 6.58 Å². The molecule has 2 aliphatic carbocycles. The van der Waals surface area contributed by atoms with E-state index in [0.717, 1.165) is 41.0 Å². The van der Waals surface area contributed by atoms with Gasteiger partial charge in [0, 0.05) is 5.39 Å². The Balaban J connectivity index is 1.31. The van der Waals surface area contributed by atoms with Gasteiger partial charge in [-0.25, -0.2) is 8.78 Å². The number of halogens is 2. The maximum absolute atomic E-state index is 14.7. The fourth-order valence-corrected chi connectivity index (χ4v) is 6.41. The second-order valence-electron chi connectivity index (χ2n) is 10.6. The number of fused-ring (bicyclic) bond motifs is 1. The average molecular weight is 439 g/mol. The van der Waals surface area contributed by atoms with E-state index in [9.17, 15) is 8.78 Å². The van der Waals surface area contributed by atoms with Crippen molar-refractivity contribution in [3.63, 3.8) is 0 Å². The summed E-state index contributed by atoms with van der Waals surface area (Å²) in [5.74, 6) is 2.33.